The molecule has 108 valence electrons. The van der Waals surface area contributed by atoms with Gasteiger partial charge in [0, 0.05) is 17.0 Å². The molecule has 2 aromatic heterocycles. The van der Waals surface area contributed by atoms with E-state index in [-0.39, 0.29) is 18.9 Å². The number of carbonyl (C=O) groups is 1. The Labute approximate surface area is 121 Å². The lowest BCUT2D eigenvalue weighted by Crippen LogP contribution is -2.29. The van der Waals surface area contributed by atoms with Crippen molar-refractivity contribution in [3.05, 3.63) is 38.9 Å². The molecule has 0 unspecified atom stereocenters. The minimum atomic E-state index is -0.663. The Morgan fingerprint density at radius 1 is 1.50 bits per heavy atom. The van der Waals surface area contributed by atoms with Crippen molar-refractivity contribution in [3.63, 3.8) is 0 Å². The standard InChI is InChI=1S/C14H18N2O3S/c1-8-4-5-20-14(8)12(17)7-15-13(18)6-11-9(2)16-19-10(11)3/h4-5,12,17H,6-7H2,1-3H3,(H,15,18)/t12-/m0/s1. The molecule has 1 atom stereocenters. The Morgan fingerprint density at radius 3 is 2.80 bits per heavy atom. The van der Waals surface area contributed by atoms with Crippen LogP contribution in [0.3, 0.4) is 0 Å². The van der Waals surface area contributed by atoms with Crippen LogP contribution in [0.5, 0.6) is 0 Å². The molecule has 0 aliphatic rings. The van der Waals surface area contributed by atoms with Gasteiger partial charge in [-0.15, -0.1) is 11.3 Å². The molecule has 6 heteroatoms. The van der Waals surface area contributed by atoms with E-state index in [1.54, 1.807) is 6.92 Å². The second-order valence-corrected chi connectivity index (χ2v) is 5.71. The van der Waals surface area contributed by atoms with Crippen LogP contribution in [0, 0.1) is 20.8 Å². The first-order chi connectivity index (χ1) is 9.49. The number of aliphatic hydroxyl groups is 1. The summed E-state index contributed by atoms with van der Waals surface area (Å²) in [7, 11) is 0. The second kappa shape index (κ2) is 6.19. The Bertz CT molecular complexity index is 584. The number of aromatic nitrogens is 1. The molecule has 0 saturated carbocycles. The highest BCUT2D eigenvalue weighted by molar-refractivity contribution is 7.10. The molecule has 0 aliphatic heterocycles. The van der Waals surface area contributed by atoms with Gasteiger partial charge in [-0.05, 0) is 37.8 Å². The van der Waals surface area contributed by atoms with Gasteiger partial charge in [0.2, 0.25) is 5.91 Å². The Balaban J connectivity index is 1.88. The maximum atomic E-state index is 11.9. The van der Waals surface area contributed by atoms with Crippen molar-refractivity contribution in [1.82, 2.24) is 10.5 Å². The summed E-state index contributed by atoms with van der Waals surface area (Å²) in [5.41, 5.74) is 2.58. The minimum Gasteiger partial charge on any atom is -0.386 e. The molecule has 0 fully saturated rings. The van der Waals surface area contributed by atoms with Gasteiger partial charge in [-0.25, -0.2) is 0 Å². The van der Waals surface area contributed by atoms with Gasteiger partial charge in [0.05, 0.1) is 12.1 Å². The minimum absolute atomic E-state index is 0.146. The third-order valence-electron chi connectivity index (χ3n) is 3.22. The predicted molar refractivity (Wildman–Crippen MR) is 76.7 cm³/mol. The van der Waals surface area contributed by atoms with Crippen LogP contribution in [0.4, 0.5) is 0 Å². The number of nitrogens with zero attached hydrogens (tertiary/aromatic N) is 1. The number of nitrogens with one attached hydrogen (secondary N) is 1. The predicted octanol–water partition coefficient (Wildman–Crippen LogP) is 2.05. The monoisotopic (exact) mass is 294 g/mol. The molecule has 0 aliphatic carbocycles. The summed E-state index contributed by atoms with van der Waals surface area (Å²) in [6.07, 6.45) is -0.444. The second-order valence-electron chi connectivity index (χ2n) is 4.77. The summed E-state index contributed by atoms with van der Waals surface area (Å²) in [6, 6.07) is 1.95. The maximum Gasteiger partial charge on any atom is 0.224 e. The average Bonchev–Trinajstić information content (AvgIpc) is 2.96. The highest BCUT2D eigenvalue weighted by atomic mass is 32.1. The van der Waals surface area contributed by atoms with Gasteiger partial charge in [0.15, 0.2) is 0 Å². The molecule has 0 saturated heterocycles. The van der Waals surface area contributed by atoms with Crippen LogP contribution in [0.25, 0.3) is 0 Å². The zero-order chi connectivity index (χ0) is 14.7. The summed E-state index contributed by atoms with van der Waals surface area (Å²) in [5.74, 6) is 0.514. The molecule has 1 amide bonds. The van der Waals surface area contributed by atoms with E-state index < -0.39 is 6.10 Å². The highest BCUT2D eigenvalue weighted by Gasteiger charge is 2.16. The molecule has 20 heavy (non-hydrogen) atoms. The molecule has 2 N–H and O–H groups in total. The number of rotatable bonds is 5. The van der Waals surface area contributed by atoms with Gasteiger partial charge in [-0.2, -0.15) is 0 Å². The molecule has 2 rings (SSSR count). The number of carbonyl (C=O) groups excluding carboxylic acids is 1. The topological polar surface area (TPSA) is 75.4 Å². The molecule has 0 aromatic carbocycles. The number of thiophene rings is 1. The molecular weight excluding hydrogens is 276 g/mol. The first-order valence-electron chi connectivity index (χ1n) is 6.39. The van der Waals surface area contributed by atoms with Crippen LogP contribution in [0.1, 0.15) is 33.6 Å². The average molecular weight is 294 g/mol. The van der Waals surface area contributed by atoms with Crippen LogP contribution in [0.2, 0.25) is 0 Å². The fourth-order valence-corrected chi connectivity index (χ4v) is 2.92. The Kier molecular flexibility index (Phi) is 4.57. The Hall–Kier alpha value is -1.66. The van der Waals surface area contributed by atoms with Gasteiger partial charge in [0.1, 0.15) is 11.9 Å². The van der Waals surface area contributed by atoms with E-state index in [0.29, 0.717) is 5.76 Å². The van der Waals surface area contributed by atoms with Crippen LogP contribution in [0.15, 0.2) is 16.0 Å². The highest BCUT2D eigenvalue weighted by Crippen LogP contribution is 2.23. The lowest BCUT2D eigenvalue weighted by Gasteiger charge is -2.11. The van der Waals surface area contributed by atoms with Crippen LogP contribution < -0.4 is 5.32 Å². The summed E-state index contributed by atoms with van der Waals surface area (Å²) < 4.78 is 5.02. The largest absolute Gasteiger partial charge is 0.386 e. The van der Waals surface area contributed by atoms with E-state index in [9.17, 15) is 9.90 Å². The first kappa shape index (κ1) is 14.7. The first-order valence-corrected chi connectivity index (χ1v) is 7.27. The number of amides is 1. The Morgan fingerprint density at radius 2 is 2.25 bits per heavy atom. The van der Waals surface area contributed by atoms with Crippen molar-refractivity contribution < 1.29 is 14.4 Å². The molecule has 2 aromatic rings. The molecule has 0 spiro atoms. The SMILES string of the molecule is Cc1ccsc1[C@@H](O)CNC(=O)Cc1c(C)noc1C. The number of hydrogen-bond acceptors (Lipinski definition) is 5. The lowest BCUT2D eigenvalue weighted by molar-refractivity contribution is -0.120. The van der Waals surface area contributed by atoms with E-state index in [1.165, 1.54) is 11.3 Å². The van der Waals surface area contributed by atoms with Crippen molar-refractivity contribution >= 4 is 17.2 Å². The number of aryl methyl sites for hydroxylation is 3. The molecule has 2 heterocycles. The summed E-state index contributed by atoms with van der Waals surface area (Å²) in [5, 5.41) is 18.5. The molecule has 0 radical (unpaired) electrons. The number of aliphatic hydroxyl groups excluding tert-OH is 1. The van der Waals surface area contributed by atoms with Crippen LogP contribution in [-0.4, -0.2) is 22.7 Å². The smallest absolute Gasteiger partial charge is 0.224 e. The quantitative estimate of drug-likeness (QED) is 0.885. The van der Waals surface area contributed by atoms with E-state index >= 15 is 0 Å². The molecule has 0 bridgehead atoms. The van der Waals surface area contributed by atoms with Gasteiger partial charge in [-0.3, -0.25) is 4.79 Å². The summed E-state index contributed by atoms with van der Waals surface area (Å²) in [6.45, 7) is 5.75. The fourth-order valence-electron chi connectivity index (χ4n) is 2.01. The third kappa shape index (κ3) is 3.26. The molecule has 5 nitrogen and oxygen atoms in total. The van der Waals surface area contributed by atoms with Crippen molar-refractivity contribution in [1.29, 1.82) is 0 Å². The van der Waals surface area contributed by atoms with E-state index in [4.69, 9.17) is 4.52 Å². The van der Waals surface area contributed by atoms with Crippen LogP contribution in [-0.2, 0) is 11.2 Å². The van der Waals surface area contributed by atoms with E-state index in [1.807, 2.05) is 25.3 Å². The third-order valence-corrected chi connectivity index (χ3v) is 4.34. The van der Waals surface area contributed by atoms with Crippen molar-refractivity contribution in [2.45, 2.75) is 33.3 Å². The lowest BCUT2D eigenvalue weighted by atomic mass is 10.1. The van der Waals surface area contributed by atoms with Gasteiger partial charge in [0.25, 0.3) is 0 Å². The van der Waals surface area contributed by atoms with Gasteiger partial charge < -0.3 is 14.9 Å². The number of hydrogen-bond donors (Lipinski definition) is 2. The molecular formula is C14H18N2O3S. The normalized spacial score (nSPS) is 12.4. The van der Waals surface area contributed by atoms with Crippen molar-refractivity contribution in [2.75, 3.05) is 6.54 Å². The fraction of sp³-hybridized carbons (Fsp3) is 0.429. The van der Waals surface area contributed by atoms with Crippen LogP contribution >= 0.6 is 11.3 Å². The van der Waals surface area contributed by atoms with Gasteiger partial charge >= 0.3 is 0 Å². The van der Waals surface area contributed by atoms with Crippen molar-refractivity contribution in [2.24, 2.45) is 0 Å². The van der Waals surface area contributed by atoms with Crippen molar-refractivity contribution in [3.8, 4) is 0 Å². The zero-order valence-electron chi connectivity index (χ0n) is 11.8. The van der Waals surface area contributed by atoms with E-state index in [0.717, 1.165) is 21.7 Å². The zero-order valence-corrected chi connectivity index (χ0v) is 12.6. The van der Waals surface area contributed by atoms with Gasteiger partial charge in [-0.1, -0.05) is 5.16 Å². The maximum absolute atomic E-state index is 11.9. The summed E-state index contributed by atoms with van der Waals surface area (Å²) in [4.78, 5) is 12.8. The van der Waals surface area contributed by atoms with E-state index in [2.05, 4.69) is 10.5 Å². The summed E-state index contributed by atoms with van der Waals surface area (Å²) >= 11 is 1.49.